The van der Waals surface area contributed by atoms with Crippen LogP contribution in [0.25, 0.3) is 11.6 Å². The largest absolute Gasteiger partial charge is 0.423 e. The van der Waals surface area contributed by atoms with Gasteiger partial charge in [-0.2, -0.15) is 5.26 Å². The van der Waals surface area contributed by atoms with Gasteiger partial charge in [0.1, 0.15) is 17.6 Å². The van der Waals surface area contributed by atoms with Crippen LogP contribution in [0.3, 0.4) is 0 Å². The highest BCUT2D eigenvalue weighted by Crippen LogP contribution is 2.35. The van der Waals surface area contributed by atoms with Crippen molar-refractivity contribution in [2.45, 2.75) is 42.0 Å². The lowest BCUT2D eigenvalue weighted by atomic mass is 10.0. The van der Waals surface area contributed by atoms with Gasteiger partial charge in [0.25, 0.3) is 0 Å². The van der Waals surface area contributed by atoms with Crippen molar-refractivity contribution in [3.8, 4) is 11.8 Å². The highest BCUT2D eigenvalue weighted by molar-refractivity contribution is 7.91. The van der Waals surface area contributed by atoms with Crippen molar-refractivity contribution in [3.05, 3.63) is 101 Å². The summed E-state index contributed by atoms with van der Waals surface area (Å²) in [5.74, 6) is 0.483. The fourth-order valence-electron chi connectivity index (χ4n) is 5.01. The Morgan fingerprint density at radius 1 is 0.950 bits per heavy atom. The fraction of sp³-hybridized carbons (Fsp3) is 0.167. The van der Waals surface area contributed by atoms with Crippen molar-refractivity contribution in [3.63, 3.8) is 0 Å². The monoisotopic (exact) mass is 550 g/mol. The lowest BCUT2D eigenvalue weighted by molar-refractivity contribution is 0.0734. The summed E-state index contributed by atoms with van der Waals surface area (Å²) in [5.41, 5.74) is 1.22. The quantitative estimate of drug-likeness (QED) is 0.179. The van der Waals surface area contributed by atoms with Crippen LogP contribution in [0.15, 0.2) is 76.5 Å². The highest BCUT2D eigenvalue weighted by Gasteiger charge is 2.35. The smallest absolute Gasteiger partial charge is 0.343 e. The zero-order valence-corrected chi connectivity index (χ0v) is 22.0. The van der Waals surface area contributed by atoms with E-state index >= 15 is 0 Å². The molecule has 2 aliphatic heterocycles. The number of nitrogens with zero attached hydrogens (tertiary/aromatic N) is 4. The summed E-state index contributed by atoms with van der Waals surface area (Å²) in [6.45, 7) is 0.774. The molecule has 0 fully saturated rings. The zero-order valence-electron chi connectivity index (χ0n) is 21.2. The summed E-state index contributed by atoms with van der Waals surface area (Å²) < 4.78 is 33.8. The number of nitriles is 1. The maximum absolute atomic E-state index is 13.2. The first-order valence-corrected chi connectivity index (χ1v) is 14.2. The Morgan fingerprint density at radius 2 is 1.73 bits per heavy atom. The second-order valence-electron chi connectivity index (χ2n) is 9.57. The molecule has 10 heteroatoms. The molecule has 1 aromatic heterocycles. The first kappa shape index (κ1) is 25.4. The number of fused-ring (bicyclic) bond motifs is 3. The van der Waals surface area contributed by atoms with E-state index in [0.29, 0.717) is 17.0 Å². The molecule has 0 bridgehead atoms. The van der Waals surface area contributed by atoms with Crippen molar-refractivity contribution in [2.24, 2.45) is 0 Å². The van der Waals surface area contributed by atoms with Gasteiger partial charge < -0.3 is 9.30 Å². The van der Waals surface area contributed by atoms with Crippen molar-refractivity contribution in [1.29, 1.82) is 5.26 Å². The maximum Gasteiger partial charge on any atom is 0.343 e. The number of carbonyl (C=O) groups excluding carboxylic acids is 2. The summed E-state index contributed by atoms with van der Waals surface area (Å²) >= 11 is 0. The van der Waals surface area contributed by atoms with E-state index in [1.807, 2.05) is 4.57 Å². The van der Waals surface area contributed by atoms with E-state index in [1.165, 1.54) is 30.3 Å². The van der Waals surface area contributed by atoms with Crippen LogP contribution in [0, 0.1) is 11.3 Å². The van der Waals surface area contributed by atoms with Crippen LogP contribution in [0.1, 0.15) is 62.8 Å². The third-order valence-corrected chi connectivity index (χ3v) is 8.90. The molecule has 2 aliphatic rings. The number of esters is 1. The van der Waals surface area contributed by atoms with Gasteiger partial charge >= 0.3 is 5.97 Å². The molecular weight excluding hydrogens is 528 g/mol. The zero-order chi connectivity index (χ0) is 27.9. The number of allylic oxidation sites excluding steroid dienone is 1. The molecule has 0 saturated heterocycles. The van der Waals surface area contributed by atoms with E-state index in [-0.39, 0.29) is 32.2 Å². The molecule has 0 amide bonds. The lowest BCUT2D eigenvalue weighted by Crippen LogP contribution is -2.21. The van der Waals surface area contributed by atoms with Gasteiger partial charge in [-0.3, -0.25) is 4.79 Å². The number of ketones is 1. The highest BCUT2D eigenvalue weighted by atomic mass is 32.2. The number of rotatable bonds is 4. The predicted molar refractivity (Wildman–Crippen MR) is 144 cm³/mol. The van der Waals surface area contributed by atoms with Crippen molar-refractivity contribution < 1.29 is 22.7 Å². The number of aromatic nitrogens is 3. The van der Waals surface area contributed by atoms with Gasteiger partial charge in [-0.1, -0.05) is 30.7 Å². The van der Waals surface area contributed by atoms with Gasteiger partial charge in [-0.05, 0) is 66.9 Å². The molecule has 4 aromatic rings. The van der Waals surface area contributed by atoms with Gasteiger partial charge in [0.2, 0.25) is 9.84 Å². The third-order valence-electron chi connectivity index (χ3n) is 7.05. The van der Waals surface area contributed by atoms with Gasteiger partial charge in [0, 0.05) is 24.1 Å². The van der Waals surface area contributed by atoms with Gasteiger partial charge in [0.15, 0.2) is 11.6 Å². The lowest BCUT2D eigenvalue weighted by Gasteiger charge is -2.19. The number of hydrogen-bond donors (Lipinski definition) is 0. The molecule has 0 atom stereocenters. The second kappa shape index (κ2) is 10.0. The molecule has 0 spiro atoms. The van der Waals surface area contributed by atoms with Crippen LogP contribution in [0.2, 0.25) is 0 Å². The molecule has 0 radical (unpaired) electrons. The Balaban J connectivity index is 1.22. The van der Waals surface area contributed by atoms with Crippen molar-refractivity contribution >= 4 is 33.2 Å². The minimum atomic E-state index is -3.98. The van der Waals surface area contributed by atoms with Crippen LogP contribution in [-0.4, -0.2) is 34.9 Å². The van der Waals surface area contributed by atoms with Crippen LogP contribution >= 0.6 is 0 Å². The Labute approximate surface area is 230 Å². The number of benzene rings is 3. The Morgan fingerprint density at radius 3 is 2.52 bits per heavy atom. The average Bonchev–Trinajstić information content (AvgIpc) is 3.22. The van der Waals surface area contributed by atoms with E-state index in [1.54, 1.807) is 42.5 Å². The SMILES string of the molecule is N#C/C(=C/c1ccc(OC(=O)c2ccc3c(c2)S(=O)(=O)c2ccccc2C3=O)cc1)c1nnc2n1CCCCC2. The van der Waals surface area contributed by atoms with Crippen LogP contribution in [-0.2, 0) is 22.8 Å². The van der Waals surface area contributed by atoms with Crippen molar-refractivity contribution in [1.82, 2.24) is 14.8 Å². The Hall–Kier alpha value is -4.88. The molecule has 3 heterocycles. The summed E-state index contributed by atoms with van der Waals surface area (Å²) in [5, 5.41) is 18.3. The predicted octanol–water partition coefficient (Wildman–Crippen LogP) is 4.67. The first-order chi connectivity index (χ1) is 19.4. The fourth-order valence-corrected chi connectivity index (χ4v) is 6.68. The van der Waals surface area contributed by atoms with Crippen LogP contribution in [0.4, 0.5) is 0 Å². The molecule has 0 unspecified atom stereocenters. The van der Waals surface area contributed by atoms with E-state index in [4.69, 9.17) is 4.74 Å². The van der Waals surface area contributed by atoms with E-state index in [0.717, 1.165) is 38.1 Å². The van der Waals surface area contributed by atoms with Gasteiger partial charge in [0.05, 0.1) is 20.9 Å². The number of ether oxygens (including phenoxy) is 1. The van der Waals surface area contributed by atoms with E-state index < -0.39 is 21.6 Å². The topological polar surface area (TPSA) is 132 Å². The van der Waals surface area contributed by atoms with E-state index in [9.17, 15) is 23.3 Å². The molecule has 0 N–H and O–H groups in total. The molecule has 6 rings (SSSR count). The summed E-state index contributed by atoms with van der Waals surface area (Å²) in [7, 11) is -3.98. The van der Waals surface area contributed by atoms with E-state index in [2.05, 4.69) is 16.3 Å². The molecule has 3 aromatic carbocycles. The summed E-state index contributed by atoms with van der Waals surface area (Å²) in [6, 6.07) is 18.7. The average molecular weight is 551 g/mol. The molecule has 0 aliphatic carbocycles. The third kappa shape index (κ3) is 4.40. The number of hydrogen-bond acceptors (Lipinski definition) is 8. The Kier molecular flexibility index (Phi) is 6.36. The van der Waals surface area contributed by atoms with Gasteiger partial charge in [-0.15, -0.1) is 10.2 Å². The van der Waals surface area contributed by atoms with Gasteiger partial charge in [-0.25, -0.2) is 13.2 Å². The molecule has 40 heavy (non-hydrogen) atoms. The summed E-state index contributed by atoms with van der Waals surface area (Å²) in [6.07, 6.45) is 5.72. The maximum atomic E-state index is 13.2. The molecule has 9 nitrogen and oxygen atoms in total. The summed E-state index contributed by atoms with van der Waals surface area (Å²) in [4.78, 5) is 25.4. The number of sulfone groups is 1. The number of aryl methyl sites for hydroxylation is 1. The number of carbonyl (C=O) groups is 2. The molecule has 198 valence electrons. The molecule has 0 saturated carbocycles. The molecular formula is C30H22N4O5S. The minimum Gasteiger partial charge on any atom is -0.423 e. The normalized spacial score (nSPS) is 15.7. The standard InChI is InChI=1S/C30H22N4O5S/c31-18-21(29-33-32-27-8-2-1-5-15-34(27)29)16-19-9-12-22(13-10-19)39-30(36)20-11-14-24-26(17-20)40(37,38)25-7-4-3-6-23(25)28(24)35/h3-4,6-7,9-14,16-17H,1-2,5,8,15H2/b21-16-. The first-order valence-electron chi connectivity index (χ1n) is 12.8. The van der Waals surface area contributed by atoms with Crippen molar-refractivity contribution in [2.75, 3.05) is 0 Å². The minimum absolute atomic E-state index is 0.00209. The van der Waals surface area contributed by atoms with Crippen LogP contribution < -0.4 is 4.74 Å². The van der Waals surface area contributed by atoms with Crippen LogP contribution in [0.5, 0.6) is 5.75 Å². The second-order valence-corrected chi connectivity index (χ2v) is 11.5. The Bertz CT molecular complexity index is 1860.